The summed E-state index contributed by atoms with van der Waals surface area (Å²) in [6.45, 7) is 2.45. The fraction of sp³-hybridized carbons (Fsp3) is 0.417. The van der Waals surface area contributed by atoms with Crippen LogP contribution in [0.4, 0.5) is 4.39 Å². The number of hydrogen-bond donors (Lipinski definition) is 1. The van der Waals surface area contributed by atoms with Gasteiger partial charge in [0.15, 0.2) is 0 Å². The average molecular weight is 335 g/mol. The number of carbonyl (C=O) groups excluding carboxylic acids is 1. The van der Waals surface area contributed by atoms with Crippen LogP contribution in [0.2, 0.25) is 0 Å². The van der Waals surface area contributed by atoms with Crippen LogP contribution in [-0.2, 0) is 0 Å². The molecule has 1 aromatic carbocycles. The van der Waals surface area contributed by atoms with Gasteiger partial charge in [0.25, 0.3) is 5.91 Å². The van der Waals surface area contributed by atoms with E-state index in [1.807, 2.05) is 6.92 Å². The maximum atomic E-state index is 13.3. The molecule has 0 radical (unpaired) electrons. The van der Waals surface area contributed by atoms with Crippen molar-refractivity contribution in [3.8, 4) is 0 Å². The third-order valence-electron chi connectivity index (χ3n) is 2.21. The van der Waals surface area contributed by atoms with Crippen LogP contribution in [0.5, 0.6) is 0 Å². The van der Waals surface area contributed by atoms with Gasteiger partial charge in [-0.25, -0.2) is 4.39 Å². The molecule has 0 spiro atoms. The molecule has 88 valence electrons. The molecule has 0 heterocycles. The highest BCUT2D eigenvalue weighted by Gasteiger charge is 2.10. The fourth-order valence-electron chi connectivity index (χ4n) is 1.33. The topological polar surface area (TPSA) is 29.1 Å². The Morgan fingerprint density at radius 2 is 2.19 bits per heavy atom. The summed E-state index contributed by atoms with van der Waals surface area (Å²) in [5, 5.41) is 2.72. The second-order valence-corrected chi connectivity index (χ2v) is 4.71. The average Bonchev–Trinajstić information content (AvgIpc) is 2.27. The van der Waals surface area contributed by atoms with Gasteiger partial charge >= 0.3 is 0 Å². The zero-order valence-corrected chi connectivity index (χ0v) is 11.4. The van der Waals surface area contributed by atoms with Crippen molar-refractivity contribution in [2.75, 3.05) is 11.0 Å². The highest BCUT2D eigenvalue weighted by Crippen LogP contribution is 2.09. The van der Waals surface area contributed by atoms with E-state index in [2.05, 4.69) is 27.9 Å². The molecule has 0 unspecified atom stereocenters. The lowest BCUT2D eigenvalue weighted by molar-refractivity contribution is 0.0949. The molecule has 16 heavy (non-hydrogen) atoms. The number of hydrogen-bond acceptors (Lipinski definition) is 1. The number of nitrogens with one attached hydrogen (secondary N) is 1. The van der Waals surface area contributed by atoms with Crippen LogP contribution < -0.4 is 5.32 Å². The first-order valence-corrected chi connectivity index (χ1v) is 6.78. The van der Waals surface area contributed by atoms with Gasteiger partial charge in [0.1, 0.15) is 5.82 Å². The number of benzene rings is 1. The third kappa shape index (κ3) is 4.08. The van der Waals surface area contributed by atoms with E-state index in [1.54, 1.807) is 12.1 Å². The Labute approximate surface area is 109 Å². The highest BCUT2D eigenvalue weighted by atomic mass is 127. The molecule has 0 atom stereocenters. The molecule has 1 N–H and O–H groups in total. The standard InChI is InChI=1S/C12H15FINO/c1-9-4-5-11(13)10(8-9)12(16)15-7-3-2-6-14/h4-5,8H,2-3,6-7H2,1H3,(H,15,16). The van der Waals surface area contributed by atoms with E-state index < -0.39 is 5.82 Å². The number of rotatable bonds is 5. The quantitative estimate of drug-likeness (QED) is 0.500. The molecule has 0 aliphatic heterocycles. The van der Waals surface area contributed by atoms with Crippen molar-refractivity contribution in [1.82, 2.24) is 5.32 Å². The van der Waals surface area contributed by atoms with Crippen molar-refractivity contribution < 1.29 is 9.18 Å². The van der Waals surface area contributed by atoms with E-state index in [4.69, 9.17) is 0 Å². The second-order valence-electron chi connectivity index (χ2n) is 3.64. The molecule has 1 aromatic rings. The summed E-state index contributed by atoms with van der Waals surface area (Å²) in [7, 11) is 0. The Balaban J connectivity index is 2.55. The van der Waals surface area contributed by atoms with Gasteiger partial charge in [-0.2, -0.15) is 0 Å². The lowest BCUT2D eigenvalue weighted by atomic mass is 10.1. The van der Waals surface area contributed by atoms with Crippen molar-refractivity contribution in [1.29, 1.82) is 0 Å². The molecule has 2 nitrogen and oxygen atoms in total. The van der Waals surface area contributed by atoms with Crippen LogP contribution >= 0.6 is 22.6 Å². The van der Waals surface area contributed by atoms with Gasteiger partial charge in [-0.1, -0.05) is 34.2 Å². The molecule has 0 aliphatic carbocycles. The van der Waals surface area contributed by atoms with Gasteiger partial charge in [0, 0.05) is 6.54 Å². The van der Waals surface area contributed by atoms with E-state index in [9.17, 15) is 9.18 Å². The normalized spacial score (nSPS) is 10.2. The van der Waals surface area contributed by atoms with Gasteiger partial charge in [-0.3, -0.25) is 4.79 Å². The zero-order chi connectivity index (χ0) is 12.0. The maximum Gasteiger partial charge on any atom is 0.254 e. The minimum absolute atomic E-state index is 0.134. The number of alkyl halides is 1. The van der Waals surface area contributed by atoms with E-state index >= 15 is 0 Å². The summed E-state index contributed by atoms with van der Waals surface area (Å²) >= 11 is 2.29. The Morgan fingerprint density at radius 3 is 2.88 bits per heavy atom. The minimum atomic E-state index is -0.461. The van der Waals surface area contributed by atoms with E-state index in [1.165, 1.54) is 6.07 Å². The molecule has 0 aromatic heterocycles. The van der Waals surface area contributed by atoms with Crippen LogP contribution in [0, 0.1) is 12.7 Å². The van der Waals surface area contributed by atoms with Crippen LogP contribution in [0.1, 0.15) is 28.8 Å². The number of amides is 1. The first-order valence-electron chi connectivity index (χ1n) is 5.25. The number of unbranched alkanes of at least 4 members (excludes halogenated alkanes) is 1. The SMILES string of the molecule is Cc1ccc(F)c(C(=O)NCCCCI)c1. The first-order chi connectivity index (χ1) is 7.65. The van der Waals surface area contributed by atoms with Crippen molar-refractivity contribution >= 4 is 28.5 Å². The molecule has 0 fully saturated rings. The van der Waals surface area contributed by atoms with E-state index in [0.29, 0.717) is 6.54 Å². The molecule has 1 rings (SSSR count). The summed E-state index contributed by atoms with van der Waals surface area (Å²) in [6, 6.07) is 4.56. The first kappa shape index (κ1) is 13.4. The maximum absolute atomic E-state index is 13.3. The van der Waals surface area contributed by atoms with Crippen molar-refractivity contribution in [2.45, 2.75) is 19.8 Å². The number of halogens is 2. The van der Waals surface area contributed by atoms with E-state index in [-0.39, 0.29) is 11.5 Å². The Bertz CT molecular complexity index is 368. The number of carbonyl (C=O) groups is 1. The highest BCUT2D eigenvalue weighted by molar-refractivity contribution is 14.1. The predicted octanol–water partition coefficient (Wildman–Crippen LogP) is 3.08. The van der Waals surface area contributed by atoms with Gasteiger partial charge < -0.3 is 5.32 Å². The summed E-state index contributed by atoms with van der Waals surface area (Å²) in [6.07, 6.45) is 2.00. The summed E-state index contributed by atoms with van der Waals surface area (Å²) in [5.74, 6) is -0.786. The van der Waals surface area contributed by atoms with Gasteiger partial charge in [0.05, 0.1) is 5.56 Å². The molecule has 0 saturated carbocycles. The Hall–Kier alpha value is -0.650. The van der Waals surface area contributed by atoms with Gasteiger partial charge in [-0.15, -0.1) is 0 Å². The molecular formula is C12H15FINO. The summed E-state index contributed by atoms with van der Waals surface area (Å²) < 4.78 is 14.4. The monoisotopic (exact) mass is 335 g/mol. The molecule has 0 aliphatic rings. The van der Waals surface area contributed by atoms with Crippen molar-refractivity contribution in [3.05, 3.63) is 35.1 Å². The second kappa shape index (κ2) is 6.83. The van der Waals surface area contributed by atoms with Gasteiger partial charge in [-0.05, 0) is 36.3 Å². The zero-order valence-electron chi connectivity index (χ0n) is 9.22. The van der Waals surface area contributed by atoms with Crippen LogP contribution in [0.3, 0.4) is 0 Å². The molecule has 0 saturated heterocycles. The van der Waals surface area contributed by atoms with Crippen molar-refractivity contribution in [2.24, 2.45) is 0 Å². The van der Waals surface area contributed by atoms with Crippen LogP contribution in [-0.4, -0.2) is 16.9 Å². The minimum Gasteiger partial charge on any atom is -0.352 e. The summed E-state index contributed by atoms with van der Waals surface area (Å²) in [4.78, 5) is 11.6. The summed E-state index contributed by atoms with van der Waals surface area (Å²) in [5.41, 5.74) is 1.02. The van der Waals surface area contributed by atoms with Crippen molar-refractivity contribution in [3.63, 3.8) is 0 Å². The Morgan fingerprint density at radius 1 is 1.44 bits per heavy atom. The molecule has 0 bridgehead atoms. The number of aryl methyl sites for hydroxylation is 1. The van der Waals surface area contributed by atoms with E-state index in [0.717, 1.165) is 22.8 Å². The van der Waals surface area contributed by atoms with Crippen LogP contribution in [0.15, 0.2) is 18.2 Å². The molecule has 1 amide bonds. The van der Waals surface area contributed by atoms with Gasteiger partial charge in [0.2, 0.25) is 0 Å². The Kier molecular flexibility index (Phi) is 5.73. The van der Waals surface area contributed by atoms with Crippen LogP contribution in [0.25, 0.3) is 0 Å². The third-order valence-corrected chi connectivity index (χ3v) is 2.98. The lowest BCUT2D eigenvalue weighted by Crippen LogP contribution is -2.25. The molecular weight excluding hydrogens is 320 g/mol. The smallest absolute Gasteiger partial charge is 0.254 e. The predicted molar refractivity (Wildman–Crippen MR) is 71.6 cm³/mol. The lowest BCUT2D eigenvalue weighted by Gasteiger charge is -2.06. The molecule has 4 heteroatoms. The fourth-order valence-corrected chi connectivity index (χ4v) is 1.87. The largest absolute Gasteiger partial charge is 0.352 e.